The molecule has 0 aliphatic heterocycles. The standard InChI is InChI=1S/C26H48N2O14S2/c1-35-13-17-39-9-5-27(6-10-40-18-14-36-2)43(31,32)23-21-24(29)26(30)25(22-23)44(33,34)28(7-11-41-19-15-37-3)8-12-42-20-16-38-4/h21-22,29-30H,5-20H2,1-4H3. The average Bonchev–Trinajstić information content (AvgIpc) is 2.99. The molecule has 0 aliphatic rings. The van der Waals surface area contributed by atoms with Crippen molar-refractivity contribution in [3.05, 3.63) is 12.1 Å². The van der Waals surface area contributed by atoms with Gasteiger partial charge in [-0.3, -0.25) is 0 Å². The Hall–Kier alpha value is -1.68. The first-order chi connectivity index (χ1) is 21.1. The summed E-state index contributed by atoms with van der Waals surface area (Å²) in [6, 6.07) is 1.61. The van der Waals surface area contributed by atoms with Gasteiger partial charge in [-0.2, -0.15) is 8.61 Å². The monoisotopic (exact) mass is 676 g/mol. The molecule has 0 unspecified atom stereocenters. The lowest BCUT2D eigenvalue weighted by Gasteiger charge is -2.25. The minimum atomic E-state index is -4.56. The third-order valence-electron chi connectivity index (χ3n) is 5.95. The molecule has 18 heteroatoms. The normalized spacial score (nSPS) is 12.5. The van der Waals surface area contributed by atoms with Crippen LogP contribution in [0.2, 0.25) is 0 Å². The molecule has 16 nitrogen and oxygen atoms in total. The lowest BCUT2D eigenvalue weighted by Crippen LogP contribution is -2.38. The molecule has 0 aliphatic carbocycles. The number of aromatic hydroxyl groups is 2. The van der Waals surface area contributed by atoms with Crippen LogP contribution in [0, 0.1) is 0 Å². The Morgan fingerprint density at radius 3 is 1.20 bits per heavy atom. The van der Waals surface area contributed by atoms with Crippen molar-refractivity contribution in [2.75, 3.05) is 134 Å². The van der Waals surface area contributed by atoms with E-state index in [0.717, 1.165) is 20.7 Å². The van der Waals surface area contributed by atoms with Gasteiger partial charge in [-0.25, -0.2) is 16.8 Å². The van der Waals surface area contributed by atoms with E-state index in [9.17, 15) is 27.0 Å². The minimum absolute atomic E-state index is 0.00973. The van der Waals surface area contributed by atoms with Crippen molar-refractivity contribution < 1.29 is 64.9 Å². The van der Waals surface area contributed by atoms with Gasteiger partial charge in [0.1, 0.15) is 4.90 Å². The van der Waals surface area contributed by atoms with Gasteiger partial charge in [-0.05, 0) is 6.07 Å². The first-order valence-corrected chi connectivity index (χ1v) is 16.8. The fraction of sp³-hybridized carbons (Fsp3) is 0.769. The molecule has 44 heavy (non-hydrogen) atoms. The van der Waals surface area contributed by atoms with Gasteiger partial charge in [0.2, 0.25) is 20.0 Å². The lowest BCUT2D eigenvalue weighted by molar-refractivity contribution is 0.0524. The van der Waals surface area contributed by atoms with Crippen molar-refractivity contribution in [1.82, 2.24) is 8.61 Å². The fourth-order valence-corrected chi connectivity index (χ4v) is 6.61. The largest absolute Gasteiger partial charge is 0.504 e. The molecule has 0 radical (unpaired) electrons. The maximum Gasteiger partial charge on any atom is 0.247 e. The molecule has 0 heterocycles. The predicted molar refractivity (Wildman–Crippen MR) is 158 cm³/mol. The van der Waals surface area contributed by atoms with Gasteiger partial charge in [0, 0.05) is 60.7 Å². The van der Waals surface area contributed by atoms with Crippen LogP contribution in [0.15, 0.2) is 21.9 Å². The summed E-state index contributed by atoms with van der Waals surface area (Å²) >= 11 is 0. The second-order valence-corrected chi connectivity index (χ2v) is 12.9. The van der Waals surface area contributed by atoms with Gasteiger partial charge in [0.05, 0.1) is 84.2 Å². The molecule has 0 saturated heterocycles. The molecule has 0 aromatic heterocycles. The molecule has 0 fully saturated rings. The van der Waals surface area contributed by atoms with E-state index in [1.807, 2.05) is 0 Å². The maximum atomic E-state index is 13.8. The predicted octanol–water partition coefficient (Wildman–Crippen LogP) is -0.269. The smallest absolute Gasteiger partial charge is 0.247 e. The second kappa shape index (κ2) is 22.8. The second-order valence-electron chi connectivity index (χ2n) is 9.02. The third-order valence-corrected chi connectivity index (χ3v) is 9.74. The highest BCUT2D eigenvalue weighted by molar-refractivity contribution is 7.90. The third kappa shape index (κ3) is 14.2. The number of nitrogens with zero attached hydrogens (tertiary/aromatic N) is 2. The Morgan fingerprint density at radius 1 is 0.523 bits per heavy atom. The topological polar surface area (TPSA) is 189 Å². The lowest BCUT2D eigenvalue weighted by atomic mass is 10.3. The Morgan fingerprint density at radius 2 is 0.864 bits per heavy atom. The summed E-state index contributed by atoms with van der Waals surface area (Å²) in [6.07, 6.45) is 0. The first-order valence-electron chi connectivity index (χ1n) is 13.9. The minimum Gasteiger partial charge on any atom is -0.504 e. The molecule has 1 aromatic carbocycles. The molecule has 0 saturated carbocycles. The number of benzene rings is 1. The number of ether oxygens (including phenoxy) is 8. The average molecular weight is 677 g/mol. The highest BCUT2D eigenvalue weighted by atomic mass is 32.2. The van der Waals surface area contributed by atoms with Crippen molar-refractivity contribution in [2.24, 2.45) is 0 Å². The van der Waals surface area contributed by atoms with Crippen molar-refractivity contribution in [2.45, 2.75) is 9.79 Å². The molecule has 0 amide bonds. The number of methoxy groups -OCH3 is 4. The van der Waals surface area contributed by atoms with Gasteiger partial charge in [0.25, 0.3) is 0 Å². The molecule has 258 valence electrons. The van der Waals surface area contributed by atoms with Crippen LogP contribution in [0.1, 0.15) is 0 Å². The van der Waals surface area contributed by atoms with Crippen molar-refractivity contribution in [1.29, 1.82) is 0 Å². The molecule has 2 N–H and O–H groups in total. The van der Waals surface area contributed by atoms with Crippen LogP contribution in [0.4, 0.5) is 0 Å². The van der Waals surface area contributed by atoms with E-state index in [-0.39, 0.29) is 79.0 Å². The van der Waals surface area contributed by atoms with E-state index in [0.29, 0.717) is 26.4 Å². The van der Waals surface area contributed by atoms with Crippen LogP contribution in [-0.2, 0) is 57.9 Å². The Kier molecular flexibility index (Phi) is 20.9. The fourth-order valence-electron chi connectivity index (χ4n) is 3.55. The van der Waals surface area contributed by atoms with Crippen LogP contribution < -0.4 is 0 Å². The van der Waals surface area contributed by atoms with E-state index in [4.69, 9.17) is 37.9 Å². The number of phenols is 2. The summed E-state index contributed by atoms with van der Waals surface area (Å²) in [5, 5.41) is 21.1. The van der Waals surface area contributed by atoms with E-state index in [1.54, 1.807) is 0 Å². The van der Waals surface area contributed by atoms with E-state index in [2.05, 4.69) is 0 Å². The van der Waals surface area contributed by atoms with Crippen molar-refractivity contribution in [3.63, 3.8) is 0 Å². The van der Waals surface area contributed by atoms with Crippen molar-refractivity contribution in [3.8, 4) is 11.5 Å². The molecule has 0 bridgehead atoms. The molecular weight excluding hydrogens is 628 g/mol. The van der Waals surface area contributed by atoms with Crippen molar-refractivity contribution >= 4 is 20.0 Å². The summed E-state index contributed by atoms with van der Waals surface area (Å²) in [5.74, 6) is -1.92. The summed E-state index contributed by atoms with van der Waals surface area (Å²) < 4.78 is 98.4. The summed E-state index contributed by atoms with van der Waals surface area (Å²) in [5.41, 5.74) is 0. The van der Waals surface area contributed by atoms with E-state index < -0.39 is 41.3 Å². The number of sulfonamides is 2. The van der Waals surface area contributed by atoms with Gasteiger partial charge < -0.3 is 48.1 Å². The molecule has 1 aromatic rings. The maximum absolute atomic E-state index is 13.8. The van der Waals surface area contributed by atoms with E-state index >= 15 is 0 Å². The molecule has 0 atom stereocenters. The Balaban J connectivity index is 3.34. The summed E-state index contributed by atoms with van der Waals surface area (Å²) in [4.78, 5) is -1.34. The van der Waals surface area contributed by atoms with Crippen LogP contribution in [0.3, 0.4) is 0 Å². The first kappa shape index (κ1) is 40.3. The zero-order valence-corrected chi connectivity index (χ0v) is 27.6. The number of hydrogen-bond donors (Lipinski definition) is 2. The van der Waals surface area contributed by atoms with Gasteiger partial charge in [-0.1, -0.05) is 0 Å². The SMILES string of the molecule is COCCOCCN(CCOCCOC)S(=O)(=O)c1cc(O)c(O)c(S(=O)(=O)N(CCOCCOC)CCOCCOC)c1. The Bertz CT molecular complexity index is 1090. The highest BCUT2D eigenvalue weighted by Crippen LogP contribution is 2.37. The Labute approximate surface area is 260 Å². The highest BCUT2D eigenvalue weighted by Gasteiger charge is 2.33. The summed E-state index contributed by atoms with van der Waals surface area (Å²) in [6.45, 7) is 1.58. The van der Waals surface area contributed by atoms with Crippen LogP contribution in [-0.4, -0.2) is 170 Å². The zero-order chi connectivity index (χ0) is 32.8. The van der Waals surface area contributed by atoms with Gasteiger partial charge in [-0.15, -0.1) is 0 Å². The zero-order valence-electron chi connectivity index (χ0n) is 26.0. The molecule has 0 spiro atoms. The quantitative estimate of drug-likeness (QED) is 0.0872. The number of hydrogen-bond acceptors (Lipinski definition) is 14. The number of rotatable bonds is 28. The van der Waals surface area contributed by atoms with Crippen LogP contribution >= 0.6 is 0 Å². The molecular formula is C26H48N2O14S2. The van der Waals surface area contributed by atoms with Gasteiger partial charge >= 0.3 is 0 Å². The molecule has 1 rings (SSSR count). The van der Waals surface area contributed by atoms with Crippen LogP contribution in [0.25, 0.3) is 0 Å². The number of phenolic OH excluding ortho intramolecular Hbond substituents is 2. The van der Waals surface area contributed by atoms with E-state index in [1.165, 1.54) is 28.4 Å². The van der Waals surface area contributed by atoms with Crippen LogP contribution in [0.5, 0.6) is 11.5 Å². The van der Waals surface area contributed by atoms with Gasteiger partial charge in [0.15, 0.2) is 11.5 Å². The summed E-state index contributed by atoms with van der Waals surface area (Å²) in [7, 11) is -2.97.